The molecule has 0 aliphatic rings. The van der Waals surface area contributed by atoms with Gasteiger partial charge >= 0.3 is 0 Å². The maximum absolute atomic E-state index is 5.45. The Labute approximate surface area is 113 Å². The first-order valence-corrected chi connectivity index (χ1v) is 6.51. The highest BCUT2D eigenvalue weighted by atomic mass is 16.7. The minimum absolute atomic E-state index is 0.446. The van der Waals surface area contributed by atoms with Gasteiger partial charge in [0.2, 0.25) is 6.29 Å². The minimum Gasteiger partial charge on any atom is -0.382 e. The first kappa shape index (κ1) is 16.0. The van der Waals surface area contributed by atoms with Crippen molar-refractivity contribution in [3.8, 4) is 0 Å². The molecule has 0 fully saturated rings. The lowest BCUT2D eigenvalue weighted by Gasteiger charge is -2.13. The van der Waals surface area contributed by atoms with Crippen LogP contribution in [-0.2, 0) is 25.5 Å². The highest BCUT2D eigenvalue weighted by Gasteiger charge is 2.15. The Balaban J connectivity index is 2.37. The molecule has 1 heterocycles. The second kappa shape index (κ2) is 9.85. The Hall–Kier alpha value is -1.02. The monoisotopic (exact) mass is 273 g/mol. The van der Waals surface area contributed by atoms with E-state index in [9.17, 15) is 0 Å². The third-order valence-electron chi connectivity index (χ3n) is 2.33. The highest BCUT2D eigenvalue weighted by Crippen LogP contribution is 2.15. The fourth-order valence-corrected chi connectivity index (χ4v) is 1.45. The lowest BCUT2D eigenvalue weighted by Crippen LogP contribution is -2.10. The summed E-state index contributed by atoms with van der Waals surface area (Å²) in [5.74, 6) is 0. The molecule has 0 bridgehead atoms. The van der Waals surface area contributed by atoms with Crippen molar-refractivity contribution >= 4 is 0 Å². The van der Waals surface area contributed by atoms with E-state index >= 15 is 0 Å². The summed E-state index contributed by atoms with van der Waals surface area (Å²) >= 11 is 0. The molecule has 0 N–H and O–H groups in total. The lowest BCUT2D eigenvalue weighted by atomic mass is 10.4. The smallest absolute Gasteiger partial charge is 0.204 e. The van der Waals surface area contributed by atoms with E-state index in [4.69, 9.17) is 18.9 Å². The Morgan fingerprint density at radius 1 is 1.16 bits per heavy atom. The van der Waals surface area contributed by atoms with Gasteiger partial charge in [0.1, 0.15) is 5.69 Å². The van der Waals surface area contributed by atoms with Crippen molar-refractivity contribution < 1.29 is 18.9 Å². The molecule has 0 aromatic carbocycles. The van der Waals surface area contributed by atoms with Crippen molar-refractivity contribution in [1.29, 1.82) is 0 Å². The first-order chi connectivity index (χ1) is 9.31. The quantitative estimate of drug-likeness (QED) is 0.443. The number of rotatable bonds is 11. The molecule has 7 nitrogen and oxygen atoms in total. The third kappa shape index (κ3) is 6.11. The van der Waals surface area contributed by atoms with E-state index in [-0.39, 0.29) is 0 Å². The van der Waals surface area contributed by atoms with Crippen LogP contribution in [0.2, 0.25) is 0 Å². The van der Waals surface area contributed by atoms with Crippen LogP contribution < -0.4 is 0 Å². The van der Waals surface area contributed by atoms with Gasteiger partial charge in [-0.25, -0.2) is 4.68 Å². The summed E-state index contributed by atoms with van der Waals surface area (Å²) in [6.45, 7) is 7.36. The van der Waals surface area contributed by atoms with Gasteiger partial charge in [-0.3, -0.25) is 0 Å². The van der Waals surface area contributed by atoms with Gasteiger partial charge in [-0.1, -0.05) is 5.21 Å². The molecule has 0 unspecified atom stereocenters. The van der Waals surface area contributed by atoms with E-state index in [2.05, 4.69) is 10.3 Å². The average Bonchev–Trinajstić information content (AvgIpc) is 2.87. The molecular formula is C12H23N3O4. The van der Waals surface area contributed by atoms with Gasteiger partial charge < -0.3 is 18.9 Å². The predicted molar refractivity (Wildman–Crippen MR) is 68.7 cm³/mol. The number of nitrogens with zero attached hydrogens (tertiary/aromatic N) is 3. The topological polar surface area (TPSA) is 67.6 Å². The molecule has 0 saturated heterocycles. The maximum atomic E-state index is 5.45. The van der Waals surface area contributed by atoms with Gasteiger partial charge in [0, 0.05) is 20.3 Å². The zero-order valence-corrected chi connectivity index (χ0v) is 11.9. The van der Waals surface area contributed by atoms with Gasteiger partial charge in [0.25, 0.3) is 0 Å². The molecule has 19 heavy (non-hydrogen) atoms. The van der Waals surface area contributed by atoms with E-state index in [1.165, 1.54) is 0 Å². The summed E-state index contributed by atoms with van der Waals surface area (Å²) in [4.78, 5) is 0. The van der Waals surface area contributed by atoms with Crippen LogP contribution in [0.15, 0.2) is 6.20 Å². The van der Waals surface area contributed by atoms with Crippen molar-refractivity contribution in [1.82, 2.24) is 15.0 Å². The highest BCUT2D eigenvalue weighted by molar-refractivity contribution is 4.94. The molecule has 0 amide bonds. The van der Waals surface area contributed by atoms with Crippen LogP contribution in [0.5, 0.6) is 0 Å². The van der Waals surface area contributed by atoms with E-state index in [1.807, 2.05) is 20.0 Å². The fourth-order valence-electron chi connectivity index (χ4n) is 1.45. The van der Waals surface area contributed by atoms with E-state index in [1.54, 1.807) is 11.8 Å². The second-order valence-electron chi connectivity index (χ2n) is 3.75. The first-order valence-electron chi connectivity index (χ1n) is 6.51. The van der Waals surface area contributed by atoms with Crippen LogP contribution >= 0.6 is 0 Å². The molecule has 0 radical (unpaired) electrons. The molecule has 0 atom stereocenters. The van der Waals surface area contributed by atoms with Crippen LogP contribution in [-0.4, -0.2) is 55.1 Å². The summed E-state index contributed by atoms with van der Waals surface area (Å²) in [6.07, 6.45) is 1.37. The van der Waals surface area contributed by atoms with Gasteiger partial charge in [-0.05, 0) is 13.8 Å². The predicted octanol–water partition coefficient (Wildman–Crippen LogP) is 1.01. The zero-order chi connectivity index (χ0) is 13.9. The number of aromatic nitrogens is 3. The zero-order valence-electron chi connectivity index (χ0n) is 11.9. The number of ether oxygens (including phenoxy) is 4. The summed E-state index contributed by atoms with van der Waals surface area (Å²) in [6, 6.07) is 0. The van der Waals surface area contributed by atoms with Crippen molar-refractivity contribution in [3.05, 3.63) is 11.9 Å². The standard InChI is InChI=1S/C12H23N3O4/c1-4-18-12(19-5-2)11-10-15(14-13-11)6-7-17-9-8-16-3/h10,12H,4-9H2,1-3H3. The van der Waals surface area contributed by atoms with Crippen molar-refractivity contribution in [2.75, 3.05) is 40.1 Å². The van der Waals surface area contributed by atoms with Gasteiger partial charge in [0.05, 0.1) is 32.6 Å². The van der Waals surface area contributed by atoms with Crippen molar-refractivity contribution in [2.45, 2.75) is 26.7 Å². The van der Waals surface area contributed by atoms with E-state index in [0.717, 1.165) is 0 Å². The molecule has 1 aromatic heterocycles. The van der Waals surface area contributed by atoms with E-state index in [0.29, 0.717) is 45.3 Å². The summed E-state index contributed by atoms with van der Waals surface area (Å²) < 4.78 is 22.9. The van der Waals surface area contributed by atoms with Crippen molar-refractivity contribution in [3.63, 3.8) is 0 Å². The van der Waals surface area contributed by atoms with Gasteiger partial charge in [-0.15, -0.1) is 5.10 Å². The van der Waals surface area contributed by atoms with E-state index < -0.39 is 6.29 Å². The molecule has 0 spiro atoms. The Kier molecular flexibility index (Phi) is 8.31. The molecule has 0 aliphatic heterocycles. The molecule has 110 valence electrons. The largest absolute Gasteiger partial charge is 0.382 e. The number of hydrogen-bond acceptors (Lipinski definition) is 6. The second-order valence-corrected chi connectivity index (χ2v) is 3.75. The third-order valence-corrected chi connectivity index (χ3v) is 2.33. The Morgan fingerprint density at radius 3 is 2.53 bits per heavy atom. The molecule has 1 rings (SSSR count). The SMILES string of the molecule is CCOC(OCC)c1cn(CCOCCOC)nn1. The summed E-state index contributed by atoms with van der Waals surface area (Å²) in [7, 11) is 1.65. The summed E-state index contributed by atoms with van der Waals surface area (Å²) in [5.41, 5.74) is 0.681. The number of methoxy groups -OCH3 is 1. The van der Waals surface area contributed by atoms with Crippen molar-refractivity contribution in [2.24, 2.45) is 0 Å². The maximum Gasteiger partial charge on any atom is 0.204 e. The van der Waals surface area contributed by atoms with Crippen LogP contribution in [0, 0.1) is 0 Å². The number of hydrogen-bond donors (Lipinski definition) is 0. The summed E-state index contributed by atoms with van der Waals surface area (Å²) in [5, 5.41) is 8.07. The molecule has 0 aliphatic carbocycles. The average molecular weight is 273 g/mol. The van der Waals surface area contributed by atoms with Crippen LogP contribution in [0.4, 0.5) is 0 Å². The molecular weight excluding hydrogens is 250 g/mol. The van der Waals surface area contributed by atoms with Gasteiger partial charge in [0.15, 0.2) is 0 Å². The molecule has 1 aromatic rings. The Morgan fingerprint density at radius 2 is 1.89 bits per heavy atom. The fraction of sp³-hybridized carbons (Fsp3) is 0.833. The van der Waals surface area contributed by atoms with Gasteiger partial charge in [-0.2, -0.15) is 0 Å². The van der Waals surface area contributed by atoms with Crippen LogP contribution in [0.25, 0.3) is 0 Å². The van der Waals surface area contributed by atoms with Crippen LogP contribution in [0.1, 0.15) is 25.8 Å². The van der Waals surface area contributed by atoms with Crippen LogP contribution in [0.3, 0.4) is 0 Å². The normalized spacial score (nSPS) is 11.4. The minimum atomic E-state index is -0.446. The molecule has 7 heteroatoms. The lowest BCUT2D eigenvalue weighted by molar-refractivity contribution is -0.142. The Bertz CT molecular complexity index is 327. The molecule has 0 saturated carbocycles.